The van der Waals surface area contributed by atoms with Gasteiger partial charge < -0.3 is 28.4 Å². The molecule has 0 saturated carbocycles. The van der Waals surface area contributed by atoms with Gasteiger partial charge in [0, 0.05) is 0 Å². The van der Waals surface area contributed by atoms with E-state index in [-0.39, 0.29) is 51.4 Å². The summed E-state index contributed by atoms with van der Waals surface area (Å²) in [6.07, 6.45) is 0. The quantitative estimate of drug-likeness (QED) is 0.431. The van der Waals surface area contributed by atoms with Crippen molar-refractivity contribution in [2.75, 3.05) is 79.3 Å². The number of benzene rings is 1. The van der Waals surface area contributed by atoms with Crippen molar-refractivity contribution in [3.63, 3.8) is 0 Å². The maximum Gasteiger partial charge on any atom is 1.00 e. The monoisotopic (exact) mass is 418 g/mol. The molecule has 1 fully saturated rings. The van der Waals surface area contributed by atoms with E-state index >= 15 is 0 Å². The predicted molar refractivity (Wildman–Crippen MR) is 104 cm³/mol. The predicted octanol–water partition coefficient (Wildman–Crippen LogP) is -0.338. The van der Waals surface area contributed by atoms with Crippen molar-refractivity contribution >= 4 is 10.8 Å². The molecule has 0 unspecified atom stereocenters. The molecule has 0 aliphatic carbocycles. The fourth-order valence-electron chi connectivity index (χ4n) is 2.39. The third-order valence-electron chi connectivity index (χ3n) is 3.78. The molecule has 1 saturated heterocycles. The summed E-state index contributed by atoms with van der Waals surface area (Å²) in [6, 6.07) is 14.7. The van der Waals surface area contributed by atoms with Crippen LogP contribution >= 0.6 is 0 Å². The fraction of sp³-hybridized carbons (Fsp3) is 0.571. The van der Waals surface area contributed by atoms with Crippen LogP contribution in [0.5, 0.6) is 0 Å². The van der Waals surface area contributed by atoms with E-state index in [1.807, 2.05) is 0 Å². The van der Waals surface area contributed by atoms with Crippen molar-refractivity contribution in [1.29, 1.82) is 0 Å². The van der Waals surface area contributed by atoms with Crippen LogP contribution in [0.15, 0.2) is 42.5 Å². The molecule has 0 aromatic heterocycles. The first-order valence-electron chi connectivity index (χ1n) is 9.54. The van der Waals surface area contributed by atoms with Gasteiger partial charge in [-0.3, -0.25) is 0 Å². The van der Waals surface area contributed by atoms with Crippen molar-refractivity contribution in [2.24, 2.45) is 0 Å². The molecule has 1 aliphatic rings. The van der Waals surface area contributed by atoms with Gasteiger partial charge in [-0.05, 0) is 0 Å². The van der Waals surface area contributed by atoms with Crippen LogP contribution in [0.2, 0.25) is 0 Å². The first-order chi connectivity index (χ1) is 13.5. The molecule has 6 nitrogen and oxygen atoms in total. The van der Waals surface area contributed by atoms with Crippen molar-refractivity contribution in [1.82, 2.24) is 0 Å². The molecule has 7 heteroatoms. The third kappa shape index (κ3) is 13.4. The third-order valence-corrected chi connectivity index (χ3v) is 3.78. The zero-order valence-corrected chi connectivity index (χ0v) is 20.1. The Kier molecular flexibility index (Phi) is 18.0. The Morgan fingerprint density at radius 2 is 0.786 bits per heavy atom. The maximum absolute atomic E-state index is 5.33. The molecule has 0 amide bonds. The summed E-state index contributed by atoms with van der Waals surface area (Å²) in [5.74, 6) is 0. The molecule has 1 heterocycles. The van der Waals surface area contributed by atoms with Crippen LogP contribution in [-0.4, -0.2) is 79.3 Å². The Morgan fingerprint density at radius 3 is 1.14 bits per heavy atom. The summed E-state index contributed by atoms with van der Waals surface area (Å²) in [5, 5.41) is 2.66. The molecule has 28 heavy (non-hydrogen) atoms. The largest absolute Gasteiger partial charge is 1.00 e. The van der Waals surface area contributed by atoms with Crippen LogP contribution in [0.3, 0.4) is 0 Å². The van der Waals surface area contributed by atoms with Crippen LogP contribution in [-0.2, 0) is 28.4 Å². The smallest absolute Gasteiger partial charge is 0.377 e. The Morgan fingerprint density at radius 1 is 0.464 bits per heavy atom. The fourth-order valence-corrected chi connectivity index (χ4v) is 2.39. The second-order valence-electron chi connectivity index (χ2n) is 5.83. The van der Waals surface area contributed by atoms with Crippen LogP contribution in [0.1, 0.15) is 0 Å². The van der Waals surface area contributed by atoms with Crippen molar-refractivity contribution < 1.29 is 79.8 Å². The zero-order valence-electron chi connectivity index (χ0n) is 17.0. The van der Waals surface area contributed by atoms with Crippen LogP contribution in [0, 0.1) is 0 Å². The van der Waals surface area contributed by atoms with Gasteiger partial charge in [-0.15, -0.1) is 35.7 Å². The number of hydrogen-bond donors (Lipinski definition) is 0. The second-order valence-corrected chi connectivity index (χ2v) is 5.83. The zero-order chi connectivity index (χ0) is 18.8. The van der Waals surface area contributed by atoms with E-state index in [9.17, 15) is 0 Å². The Labute approximate surface area is 210 Å². The molecule has 3 rings (SSSR count). The molecular weight excluding hydrogens is 387 g/mol. The standard InChI is InChI=1S/C12H24O6.C9H7.K/c1-2-14-5-6-16-9-10-18-12-11-17-8-7-15-4-3-13-1;1-2-5-9-7-3-6-8(9)4-1;/h1-12H2;1-7H;/q;-1;+1. The second kappa shape index (κ2) is 19.2. The molecule has 152 valence electrons. The number of hydrogen-bond acceptors (Lipinski definition) is 6. The number of ether oxygens (including phenoxy) is 6. The van der Waals surface area contributed by atoms with Crippen molar-refractivity contribution in [2.45, 2.75) is 0 Å². The van der Waals surface area contributed by atoms with E-state index in [1.54, 1.807) is 0 Å². The number of fused-ring (bicyclic) bond motifs is 1. The average Bonchev–Trinajstić information content (AvgIpc) is 3.17. The van der Waals surface area contributed by atoms with Gasteiger partial charge in [0.05, 0.1) is 79.3 Å². The van der Waals surface area contributed by atoms with Crippen LogP contribution in [0.25, 0.3) is 10.8 Å². The summed E-state index contributed by atoms with van der Waals surface area (Å²) in [5.41, 5.74) is 0. The average molecular weight is 419 g/mol. The summed E-state index contributed by atoms with van der Waals surface area (Å²) < 4.78 is 32.0. The Balaban J connectivity index is 0.000000326. The van der Waals surface area contributed by atoms with E-state index in [4.69, 9.17) is 28.4 Å². The minimum absolute atomic E-state index is 0. The first-order valence-corrected chi connectivity index (χ1v) is 9.54. The first kappa shape index (κ1) is 26.3. The molecule has 2 aromatic rings. The van der Waals surface area contributed by atoms with Gasteiger partial charge in [0.15, 0.2) is 0 Å². The molecule has 0 radical (unpaired) electrons. The molecular formula is C21H31KO6. The van der Waals surface area contributed by atoms with E-state index in [2.05, 4.69) is 42.5 Å². The van der Waals surface area contributed by atoms with Gasteiger partial charge in [0.1, 0.15) is 0 Å². The molecule has 2 aromatic carbocycles. The van der Waals surface area contributed by atoms with Crippen molar-refractivity contribution in [3.05, 3.63) is 42.5 Å². The molecule has 1 aliphatic heterocycles. The summed E-state index contributed by atoms with van der Waals surface area (Å²) in [6.45, 7) is 7.04. The van der Waals surface area contributed by atoms with Crippen LogP contribution in [0.4, 0.5) is 0 Å². The summed E-state index contributed by atoms with van der Waals surface area (Å²) in [4.78, 5) is 0. The van der Waals surface area contributed by atoms with Gasteiger partial charge in [0.2, 0.25) is 0 Å². The van der Waals surface area contributed by atoms with E-state index < -0.39 is 0 Å². The van der Waals surface area contributed by atoms with Gasteiger partial charge in [-0.25, -0.2) is 0 Å². The molecule has 0 atom stereocenters. The molecule has 0 bridgehead atoms. The molecule has 0 N–H and O–H groups in total. The normalized spacial score (nSPS) is 18.7. The molecule has 0 spiro atoms. The van der Waals surface area contributed by atoms with Gasteiger partial charge in [-0.2, -0.15) is 12.1 Å². The minimum atomic E-state index is 0. The van der Waals surface area contributed by atoms with Crippen LogP contribution < -0.4 is 51.4 Å². The minimum Gasteiger partial charge on any atom is -0.377 e. The van der Waals surface area contributed by atoms with Crippen molar-refractivity contribution in [3.8, 4) is 0 Å². The van der Waals surface area contributed by atoms with Gasteiger partial charge in [-0.1, -0.05) is 5.39 Å². The Hall–Kier alpha value is 0.226. The number of rotatable bonds is 0. The van der Waals surface area contributed by atoms with E-state index in [1.165, 1.54) is 10.8 Å². The van der Waals surface area contributed by atoms with E-state index in [0.29, 0.717) is 79.3 Å². The maximum atomic E-state index is 5.33. The SMILES string of the molecule is C1COCCOCCOCCOCCOCCO1.[K+].c1cc[c-]2cccc2c1. The van der Waals surface area contributed by atoms with E-state index in [0.717, 1.165) is 0 Å². The summed E-state index contributed by atoms with van der Waals surface area (Å²) in [7, 11) is 0. The topological polar surface area (TPSA) is 55.4 Å². The van der Waals surface area contributed by atoms with Gasteiger partial charge >= 0.3 is 51.4 Å². The Bertz CT molecular complexity index is 471. The van der Waals surface area contributed by atoms with Gasteiger partial charge in [0.25, 0.3) is 0 Å². The summed E-state index contributed by atoms with van der Waals surface area (Å²) >= 11 is 0.